The number of nitrogens with zero attached hydrogens (tertiary/aromatic N) is 2. The Morgan fingerprint density at radius 3 is 2.31 bits per heavy atom. The maximum atomic E-state index is 13.8. The molecular weight excluding hydrogens is 341 g/mol. The van der Waals surface area contributed by atoms with Gasteiger partial charge in [0.2, 0.25) is 5.95 Å². The van der Waals surface area contributed by atoms with E-state index >= 15 is 0 Å². The molecule has 7 heteroatoms. The number of rotatable bonds is 5. The second-order valence-corrected chi connectivity index (χ2v) is 5.74. The predicted molar refractivity (Wildman–Crippen MR) is 95.5 cm³/mol. The fourth-order valence-electron chi connectivity index (χ4n) is 2.40. The second-order valence-electron chi connectivity index (χ2n) is 5.74. The first-order valence-corrected chi connectivity index (χ1v) is 8.08. The van der Waals surface area contributed by atoms with Gasteiger partial charge < -0.3 is 10.6 Å². The Balaban J connectivity index is 1.84. The third-order valence-corrected chi connectivity index (χ3v) is 3.77. The number of aryl methyl sites for hydroxylation is 2. The van der Waals surface area contributed by atoms with Crippen molar-refractivity contribution in [3.63, 3.8) is 0 Å². The number of hydrogen-bond acceptors (Lipinski definition) is 4. The van der Waals surface area contributed by atoms with Crippen molar-refractivity contribution in [3.05, 3.63) is 71.2 Å². The Labute approximate surface area is 149 Å². The van der Waals surface area contributed by atoms with Crippen molar-refractivity contribution in [2.45, 2.75) is 20.3 Å². The Morgan fingerprint density at radius 1 is 0.885 bits per heavy atom. The van der Waals surface area contributed by atoms with Gasteiger partial charge >= 0.3 is 0 Å². The molecule has 0 spiro atoms. The molecule has 26 heavy (non-hydrogen) atoms. The molecule has 0 unspecified atom stereocenters. The second kappa shape index (κ2) is 7.43. The van der Waals surface area contributed by atoms with Gasteiger partial charge in [-0.15, -0.1) is 0 Å². The highest BCUT2D eigenvalue weighted by Crippen LogP contribution is 2.24. The van der Waals surface area contributed by atoms with Gasteiger partial charge in [0.1, 0.15) is 5.82 Å². The SMILES string of the molecule is CCc1ccc(Nc2nc(C)cc(Nc3ccc(F)c(F)c3F)n2)cc1. The topological polar surface area (TPSA) is 49.8 Å². The number of nitrogens with one attached hydrogen (secondary N) is 2. The molecule has 0 atom stereocenters. The zero-order valence-electron chi connectivity index (χ0n) is 14.3. The lowest BCUT2D eigenvalue weighted by Crippen LogP contribution is -2.04. The van der Waals surface area contributed by atoms with E-state index < -0.39 is 17.5 Å². The van der Waals surface area contributed by atoms with E-state index in [1.54, 1.807) is 13.0 Å². The van der Waals surface area contributed by atoms with Gasteiger partial charge in [0.05, 0.1) is 5.69 Å². The van der Waals surface area contributed by atoms with Crippen LogP contribution in [0.4, 0.5) is 36.3 Å². The van der Waals surface area contributed by atoms with Crippen molar-refractivity contribution in [1.29, 1.82) is 0 Å². The van der Waals surface area contributed by atoms with E-state index in [2.05, 4.69) is 27.5 Å². The minimum Gasteiger partial charge on any atom is -0.338 e. The monoisotopic (exact) mass is 358 g/mol. The van der Waals surface area contributed by atoms with Crippen LogP contribution in [0.15, 0.2) is 42.5 Å². The fraction of sp³-hybridized carbons (Fsp3) is 0.158. The van der Waals surface area contributed by atoms with Crippen LogP contribution in [-0.2, 0) is 6.42 Å². The molecule has 134 valence electrons. The van der Waals surface area contributed by atoms with Crippen LogP contribution >= 0.6 is 0 Å². The van der Waals surface area contributed by atoms with E-state index in [9.17, 15) is 13.2 Å². The molecule has 2 aromatic carbocycles. The van der Waals surface area contributed by atoms with E-state index in [4.69, 9.17) is 0 Å². The number of aromatic nitrogens is 2. The van der Waals surface area contributed by atoms with Crippen LogP contribution in [0.5, 0.6) is 0 Å². The van der Waals surface area contributed by atoms with E-state index in [0.717, 1.165) is 24.2 Å². The van der Waals surface area contributed by atoms with Crippen LogP contribution < -0.4 is 10.6 Å². The van der Waals surface area contributed by atoms with E-state index in [1.165, 1.54) is 5.56 Å². The summed E-state index contributed by atoms with van der Waals surface area (Å²) in [6, 6.07) is 11.3. The van der Waals surface area contributed by atoms with Crippen LogP contribution in [-0.4, -0.2) is 9.97 Å². The molecule has 3 rings (SSSR count). The molecule has 2 N–H and O–H groups in total. The summed E-state index contributed by atoms with van der Waals surface area (Å²) in [6.45, 7) is 3.82. The van der Waals surface area contributed by atoms with Gasteiger partial charge in [0, 0.05) is 17.4 Å². The first-order chi connectivity index (χ1) is 12.5. The lowest BCUT2D eigenvalue weighted by molar-refractivity contribution is 0.449. The van der Waals surface area contributed by atoms with Gasteiger partial charge in [-0.2, -0.15) is 4.98 Å². The Kier molecular flexibility index (Phi) is 5.06. The summed E-state index contributed by atoms with van der Waals surface area (Å²) in [5.41, 5.74) is 2.42. The predicted octanol–water partition coefficient (Wildman–Crippen LogP) is 5.25. The smallest absolute Gasteiger partial charge is 0.229 e. The van der Waals surface area contributed by atoms with Crippen molar-refractivity contribution < 1.29 is 13.2 Å². The van der Waals surface area contributed by atoms with E-state index in [-0.39, 0.29) is 11.5 Å². The van der Waals surface area contributed by atoms with Crippen LogP contribution in [0, 0.1) is 24.4 Å². The van der Waals surface area contributed by atoms with Crippen molar-refractivity contribution in [2.24, 2.45) is 0 Å². The lowest BCUT2D eigenvalue weighted by Gasteiger charge is -2.11. The highest BCUT2D eigenvalue weighted by atomic mass is 19.2. The first kappa shape index (κ1) is 17.7. The molecular formula is C19H17F3N4. The normalized spacial score (nSPS) is 10.7. The minimum atomic E-state index is -1.53. The van der Waals surface area contributed by atoms with Gasteiger partial charge in [-0.3, -0.25) is 0 Å². The van der Waals surface area contributed by atoms with Crippen molar-refractivity contribution >= 4 is 23.1 Å². The summed E-state index contributed by atoms with van der Waals surface area (Å²) < 4.78 is 40.2. The lowest BCUT2D eigenvalue weighted by atomic mass is 10.1. The largest absolute Gasteiger partial charge is 0.338 e. The maximum absolute atomic E-state index is 13.8. The molecule has 0 saturated carbocycles. The molecule has 0 amide bonds. The summed E-state index contributed by atoms with van der Waals surface area (Å²) in [7, 11) is 0. The molecule has 3 aromatic rings. The third kappa shape index (κ3) is 3.93. The van der Waals surface area contributed by atoms with Gasteiger partial charge in [-0.25, -0.2) is 18.2 Å². The molecule has 1 heterocycles. The summed E-state index contributed by atoms with van der Waals surface area (Å²) in [4.78, 5) is 8.52. The summed E-state index contributed by atoms with van der Waals surface area (Å²) in [6.07, 6.45) is 0.940. The highest BCUT2D eigenvalue weighted by molar-refractivity contribution is 5.60. The molecule has 4 nitrogen and oxygen atoms in total. The minimum absolute atomic E-state index is 0.208. The average Bonchev–Trinajstić information content (AvgIpc) is 2.62. The first-order valence-electron chi connectivity index (χ1n) is 8.08. The molecule has 0 aliphatic carbocycles. The van der Waals surface area contributed by atoms with Gasteiger partial charge in [0.25, 0.3) is 0 Å². The van der Waals surface area contributed by atoms with E-state index in [1.807, 2.05) is 24.3 Å². The van der Waals surface area contributed by atoms with Crippen LogP contribution in [0.1, 0.15) is 18.2 Å². The average molecular weight is 358 g/mol. The highest BCUT2D eigenvalue weighted by Gasteiger charge is 2.14. The molecule has 1 aromatic heterocycles. The van der Waals surface area contributed by atoms with E-state index in [0.29, 0.717) is 11.6 Å². The van der Waals surface area contributed by atoms with Crippen molar-refractivity contribution in [2.75, 3.05) is 10.6 Å². The molecule has 0 saturated heterocycles. The Morgan fingerprint density at radius 2 is 1.62 bits per heavy atom. The maximum Gasteiger partial charge on any atom is 0.229 e. The number of hydrogen-bond donors (Lipinski definition) is 2. The zero-order chi connectivity index (χ0) is 18.7. The summed E-state index contributed by atoms with van der Waals surface area (Å²) in [5.74, 6) is -3.51. The molecule has 0 bridgehead atoms. The quantitative estimate of drug-likeness (QED) is 0.612. The molecule has 0 fully saturated rings. The van der Waals surface area contributed by atoms with Crippen molar-refractivity contribution in [1.82, 2.24) is 9.97 Å². The third-order valence-electron chi connectivity index (χ3n) is 3.77. The summed E-state index contributed by atoms with van der Waals surface area (Å²) in [5, 5.41) is 5.72. The van der Waals surface area contributed by atoms with Crippen LogP contribution in [0.2, 0.25) is 0 Å². The van der Waals surface area contributed by atoms with Crippen LogP contribution in [0.25, 0.3) is 0 Å². The molecule has 0 aliphatic heterocycles. The standard InChI is InChI=1S/C19H17F3N4/c1-3-12-4-6-13(7-5-12)24-19-23-11(2)10-16(26-19)25-15-9-8-14(20)17(21)18(15)22/h4-10H,3H2,1-2H3,(H2,23,24,25,26). The fourth-order valence-corrected chi connectivity index (χ4v) is 2.40. The molecule has 0 radical (unpaired) electrons. The number of anilines is 4. The van der Waals surface area contributed by atoms with Crippen molar-refractivity contribution in [3.8, 4) is 0 Å². The summed E-state index contributed by atoms with van der Waals surface area (Å²) >= 11 is 0. The Bertz CT molecular complexity index is 927. The van der Waals surface area contributed by atoms with Gasteiger partial charge in [-0.1, -0.05) is 19.1 Å². The Hall–Kier alpha value is -3.09. The van der Waals surface area contributed by atoms with Gasteiger partial charge in [0.15, 0.2) is 17.5 Å². The number of halogens is 3. The number of benzene rings is 2. The van der Waals surface area contributed by atoms with Gasteiger partial charge in [-0.05, 0) is 43.2 Å². The zero-order valence-corrected chi connectivity index (χ0v) is 14.3. The molecule has 0 aliphatic rings. The van der Waals surface area contributed by atoms with Crippen LogP contribution in [0.3, 0.4) is 0 Å².